The quantitative estimate of drug-likeness (QED) is 0.259. The van der Waals surface area contributed by atoms with Crippen molar-refractivity contribution in [2.45, 2.75) is 51.0 Å². The first kappa shape index (κ1) is 24.6. The van der Waals surface area contributed by atoms with Crippen LogP contribution < -0.4 is 10.1 Å². The van der Waals surface area contributed by atoms with Gasteiger partial charge in [0.15, 0.2) is 0 Å². The second-order valence-corrected chi connectivity index (χ2v) is 9.74. The summed E-state index contributed by atoms with van der Waals surface area (Å²) in [7, 11) is 0. The minimum absolute atomic E-state index is 0.127. The van der Waals surface area contributed by atoms with Gasteiger partial charge in [0, 0.05) is 28.3 Å². The Kier molecular flexibility index (Phi) is 7.93. The summed E-state index contributed by atoms with van der Waals surface area (Å²) in [6, 6.07) is 23.6. The molecule has 0 atom stereocenters. The number of rotatable bonds is 9. The van der Waals surface area contributed by atoms with Gasteiger partial charge in [0.1, 0.15) is 11.5 Å². The Morgan fingerprint density at radius 1 is 0.971 bits per heavy atom. The average Bonchev–Trinajstić information content (AvgIpc) is 3.23. The summed E-state index contributed by atoms with van der Waals surface area (Å²) < 4.78 is 11.6. The molecule has 1 amide bonds. The van der Waals surface area contributed by atoms with Gasteiger partial charge in [-0.15, -0.1) is 11.8 Å². The molecule has 3 aromatic carbocycles. The van der Waals surface area contributed by atoms with Crippen LogP contribution in [0.25, 0.3) is 11.5 Å². The second-order valence-electron chi connectivity index (χ2n) is 8.69. The second kappa shape index (κ2) is 11.3. The Morgan fingerprint density at radius 2 is 1.66 bits per heavy atom. The molecular formula is C29H30N2O3S. The number of thioether (sulfide) groups is 1. The van der Waals surface area contributed by atoms with Crippen molar-refractivity contribution in [3.63, 3.8) is 0 Å². The summed E-state index contributed by atoms with van der Waals surface area (Å²) in [5, 5.41) is 2.96. The molecule has 6 heteroatoms. The molecule has 0 unspecified atom stereocenters. The fourth-order valence-electron chi connectivity index (χ4n) is 3.48. The molecule has 0 radical (unpaired) electrons. The normalized spacial score (nSPS) is 11.0. The predicted octanol–water partition coefficient (Wildman–Crippen LogP) is 6.97. The number of hydrogen-bond acceptors (Lipinski definition) is 5. The Morgan fingerprint density at radius 3 is 2.31 bits per heavy atom. The van der Waals surface area contributed by atoms with Gasteiger partial charge in [0.25, 0.3) is 5.91 Å². The Bertz CT molecular complexity index is 1260. The van der Waals surface area contributed by atoms with Gasteiger partial charge >= 0.3 is 0 Å². The summed E-state index contributed by atoms with van der Waals surface area (Å²) in [6.45, 7) is 8.45. The number of benzene rings is 3. The fourth-order valence-corrected chi connectivity index (χ4v) is 4.38. The number of amides is 1. The van der Waals surface area contributed by atoms with Gasteiger partial charge in [-0.2, -0.15) is 0 Å². The van der Waals surface area contributed by atoms with Crippen LogP contribution in [0.3, 0.4) is 0 Å². The minimum Gasteiger partial charge on any atom is -0.491 e. The molecular weight excluding hydrogens is 456 g/mol. The van der Waals surface area contributed by atoms with Gasteiger partial charge < -0.3 is 14.5 Å². The third kappa shape index (κ3) is 6.76. The number of nitrogens with zero attached hydrogens (tertiary/aromatic N) is 1. The van der Waals surface area contributed by atoms with Crippen molar-refractivity contribution in [3.8, 4) is 17.2 Å². The van der Waals surface area contributed by atoms with E-state index in [9.17, 15) is 4.79 Å². The van der Waals surface area contributed by atoms with Crippen LogP contribution in [-0.4, -0.2) is 17.0 Å². The molecule has 0 bridgehead atoms. The van der Waals surface area contributed by atoms with Crippen LogP contribution in [0.15, 0.2) is 82.1 Å². The number of aryl methyl sites for hydroxylation is 2. The summed E-state index contributed by atoms with van der Waals surface area (Å²) >= 11 is 1.74. The lowest BCUT2D eigenvalue weighted by Crippen LogP contribution is -2.22. The van der Waals surface area contributed by atoms with E-state index in [0.717, 1.165) is 34.1 Å². The number of ether oxygens (including phenoxy) is 1. The first-order chi connectivity index (χ1) is 16.9. The summed E-state index contributed by atoms with van der Waals surface area (Å²) in [4.78, 5) is 18.5. The molecule has 180 valence electrons. The summed E-state index contributed by atoms with van der Waals surface area (Å²) in [5.74, 6) is 2.81. The zero-order valence-corrected chi connectivity index (χ0v) is 21.3. The molecule has 35 heavy (non-hydrogen) atoms. The van der Waals surface area contributed by atoms with Crippen molar-refractivity contribution < 1.29 is 13.9 Å². The Labute approximate surface area is 210 Å². The van der Waals surface area contributed by atoms with Gasteiger partial charge in [-0.25, -0.2) is 4.98 Å². The average molecular weight is 487 g/mol. The summed E-state index contributed by atoms with van der Waals surface area (Å²) in [6.07, 6.45) is 0.132. The highest BCUT2D eigenvalue weighted by Crippen LogP contribution is 2.28. The molecule has 0 spiro atoms. The lowest BCUT2D eigenvalue weighted by molar-refractivity contribution is 0.0951. The van der Waals surface area contributed by atoms with Crippen molar-refractivity contribution in [3.05, 3.63) is 101 Å². The number of aromatic nitrogens is 1. The van der Waals surface area contributed by atoms with Gasteiger partial charge in [0.05, 0.1) is 11.8 Å². The molecule has 5 nitrogen and oxygen atoms in total. The molecule has 1 heterocycles. The Balaban J connectivity index is 1.33. The number of carbonyl (C=O) groups is 1. The van der Waals surface area contributed by atoms with E-state index in [1.165, 1.54) is 10.5 Å². The molecule has 0 aliphatic heterocycles. The van der Waals surface area contributed by atoms with Crippen LogP contribution in [0, 0.1) is 13.8 Å². The maximum absolute atomic E-state index is 12.6. The van der Waals surface area contributed by atoms with Crippen LogP contribution in [0.2, 0.25) is 0 Å². The number of nitrogens with one attached hydrogen (secondary N) is 1. The highest BCUT2D eigenvalue weighted by molar-refractivity contribution is 7.98. The molecule has 4 aromatic rings. The van der Waals surface area contributed by atoms with Crippen LogP contribution in [0.1, 0.15) is 46.8 Å². The standard InChI is InChI=1S/C29H30N2O3S/c1-19(2)33-25-13-7-22(8-14-25)17-30-28(32)23-9-11-24(12-10-23)29-31-27(21(4)34-29)18-35-26-15-5-20(3)6-16-26/h5-16,19H,17-18H2,1-4H3,(H,30,32). The number of oxazole rings is 1. The first-order valence-electron chi connectivity index (χ1n) is 11.7. The molecule has 0 aliphatic carbocycles. The third-order valence-corrected chi connectivity index (χ3v) is 6.45. The smallest absolute Gasteiger partial charge is 0.251 e. The number of carbonyl (C=O) groups excluding carboxylic acids is 1. The molecule has 4 rings (SSSR count). The molecule has 1 aromatic heterocycles. The molecule has 0 aliphatic rings. The predicted molar refractivity (Wildman–Crippen MR) is 141 cm³/mol. The van der Waals surface area contributed by atoms with Crippen molar-refractivity contribution in [1.82, 2.24) is 10.3 Å². The largest absolute Gasteiger partial charge is 0.491 e. The van der Waals surface area contributed by atoms with E-state index < -0.39 is 0 Å². The van der Waals surface area contributed by atoms with E-state index in [0.29, 0.717) is 18.0 Å². The van der Waals surface area contributed by atoms with E-state index in [1.807, 2.05) is 57.2 Å². The van der Waals surface area contributed by atoms with Crippen LogP contribution >= 0.6 is 11.8 Å². The SMILES string of the molecule is Cc1ccc(SCc2nc(-c3ccc(C(=O)NCc4ccc(OC(C)C)cc4)cc3)oc2C)cc1. The molecule has 0 fully saturated rings. The van der Waals surface area contributed by atoms with Crippen molar-refractivity contribution in [2.24, 2.45) is 0 Å². The van der Waals surface area contributed by atoms with Gasteiger partial charge in [-0.3, -0.25) is 4.79 Å². The van der Waals surface area contributed by atoms with Gasteiger partial charge in [-0.1, -0.05) is 29.8 Å². The minimum atomic E-state index is -0.127. The Hall–Kier alpha value is -3.51. The zero-order valence-electron chi connectivity index (χ0n) is 20.5. The van der Waals surface area contributed by atoms with Crippen LogP contribution in [0.5, 0.6) is 5.75 Å². The van der Waals surface area contributed by atoms with Crippen molar-refractivity contribution in [1.29, 1.82) is 0 Å². The molecule has 1 N–H and O–H groups in total. The molecule has 0 saturated carbocycles. The topological polar surface area (TPSA) is 64.4 Å². The van der Waals surface area contributed by atoms with Crippen LogP contribution in [0.4, 0.5) is 0 Å². The van der Waals surface area contributed by atoms with Gasteiger partial charge in [-0.05, 0) is 81.8 Å². The first-order valence-corrected chi connectivity index (χ1v) is 12.7. The third-order valence-electron chi connectivity index (χ3n) is 5.43. The van der Waals surface area contributed by atoms with E-state index in [2.05, 4.69) is 41.5 Å². The van der Waals surface area contributed by atoms with Crippen molar-refractivity contribution >= 4 is 17.7 Å². The maximum Gasteiger partial charge on any atom is 0.251 e. The van der Waals surface area contributed by atoms with Crippen molar-refractivity contribution in [2.75, 3.05) is 0 Å². The zero-order chi connectivity index (χ0) is 24.8. The highest BCUT2D eigenvalue weighted by Gasteiger charge is 2.13. The lowest BCUT2D eigenvalue weighted by atomic mass is 10.1. The van der Waals surface area contributed by atoms with E-state index in [4.69, 9.17) is 9.15 Å². The summed E-state index contributed by atoms with van der Waals surface area (Å²) in [5.41, 5.74) is 4.62. The lowest BCUT2D eigenvalue weighted by Gasteiger charge is -2.10. The van der Waals surface area contributed by atoms with E-state index in [-0.39, 0.29) is 12.0 Å². The monoisotopic (exact) mass is 486 g/mol. The highest BCUT2D eigenvalue weighted by atomic mass is 32.2. The maximum atomic E-state index is 12.6. The number of hydrogen-bond donors (Lipinski definition) is 1. The van der Waals surface area contributed by atoms with E-state index >= 15 is 0 Å². The van der Waals surface area contributed by atoms with Crippen LogP contribution in [-0.2, 0) is 12.3 Å². The fraction of sp³-hybridized carbons (Fsp3) is 0.241. The van der Waals surface area contributed by atoms with Gasteiger partial charge in [0.2, 0.25) is 5.89 Å². The van der Waals surface area contributed by atoms with E-state index in [1.54, 1.807) is 23.9 Å². The molecule has 0 saturated heterocycles.